The number of hydrogen-bond donors (Lipinski definition) is 1. The van der Waals surface area contributed by atoms with Crippen molar-refractivity contribution in [3.8, 4) is 5.88 Å². The Bertz CT molecular complexity index is 664. The Labute approximate surface area is 158 Å². The maximum Gasteiger partial charge on any atom is 0.245 e. The maximum absolute atomic E-state index is 9.47. The van der Waals surface area contributed by atoms with Gasteiger partial charge in [0.15, 0.2) is 11.2 Å². The number of fused-ring (bicyclic) bond motifs is 1. The lowest BCUT2D eigenvalue weighted by Gasteiger charge is -2.18. The van der Waals surface area contributed by atoms with Crippen LogP contribution in [0.5, 0.6) is 5.88 Å². The molecule has 6 heteroatoms. The van der Waals surface area contributed by atoms with Crippen molar-refractivity contribution in [2.45, 2.75) is 83.6 Å². The van der Waals surface area contributed by atoms with Crippen LogP contribution < -0.4 is 4.74 Å². The zero-order valence-corrected chi connectivity index (χ0v) is 16.2. The fourth-order valence-electron chi connectivity index (χ4n) is 3.37. The third kappa shape index (κ3) is 5.94. The molecular weight excluding hydrogens is 328 g/mol. The second-order valence-electron chi connectivity index (χ2n) is 6.80. The van der Waals surface area contributed by atoms with Crippen LogP contribution in [0.15, 0.2) is 12.7 Å². The molecule has 2 rings (SSSR count). The molecule has 2 atom stereocenters. The molecule has 2 heterocycles. The van der Waals surface area contributed by atoms with E-state index in [0.29, 0.717) is 17.8 Å². The summed E-state index contributed by atoms with van der Waals surface area (Å²) in [4.78, 5) is 12.9. The Morgan fingerprint density at radius 3 is 2.58 bits per heavy atom. The van der Waals surface area contributed by atoms with E-state index in [1.165, 1.54) is 25.6 Å². The molecule has 0 radical (unpaired) electrons. The zero-order chi connectivity index (χ0) is 19.5. The first-order chi connectivity index (χ1) is 13.2. The molecular formula is C20H34N4O2. The van der Waals surface area contributed by atoms with Crippen molar-refractivity contribution >= 4 is 11.2 Å². The summed E-state index contributed by atoms with van der Waals surface area (Å²) in [6.45, 7) is 2.30. The van der Waals surface area contributed by atoms with Crippen molar-refractivity contribution in [2.75, 3.05) is 13.7 Å². The molecule has 0 bridgehead atoms. The number of aromatic nitrogens is 4. The van der Waals surface area contributed by atoms with E-state index < -0.39 is 0 Å². The molecule has 0 amide bonds. The highest BCUT2D eigenvalue weighted by Gasteiger charge is 2.17. The third-order valence-electron chi connectivity index (χ3n) is 4.81. The van der Waals surface area contributed by atoms with Crippen LogP contribution in [0, 0.1) is 0 Å². The first-order valence-electron chi connectivity index (χ1n) is 10.5. The Morgan fingerprint density at radius 2 is 1.85 bits per heavy atom. The van der Waals surface area contributed by atoms with Crippen LogP contribution in [-0.2, 0) is 0 Å². The average Bonchev–Trinajstić information content (AvgIpc) is 3.10. The molecule has 0 spiro atoms. The van der Waals surface area contributed by atoms with Gasteiger partial charge in [0.2, 0.25) is 5.88 Å². The Kier molecular flexibility index (Phi) is 8.69. The van der Waals surface area contributed by atoms with E-state index in [9.17, 15) is 5.11 Å². The van der Waals surface area contributed by atoms with Gasteiger partial charge in [-0.15, -0.1) is 0 Å². The molecule has 0 aliphatic rings. The second-order valence-corrected chi connectivity index (χ2v) is 6.80. The largest absolute Gasteiger partial charge is 0.479 e. The van der Waals surface area contributed by atoms with Gasteiger partial charge in [-0.1, -0.05) is 64.7 Å². The number of nitrogens with zero attached hydrogens (tertiary/aromatic N) is 4. The SMILES string of the molecule is [2H]C(CCC)CCCCCCCC(CCO)n1cnc2c(OC)ncnc21. The van der Waals surface area contributed by atoms with E-state index in [1.807, 2.05) is 4.57 Å². The molecule has 2 unspecified atom stereocenters. The van der Waals surface area contributed by atoms with Gasteiger partial charge in [-0.25, -0.2) is 9.97 Å². The van der Waals surface area contributed by atoms with Gasteiger partial charge in [-0.05, 0) is 12.8 Å². The number of aliphatic hydroxyl groups is 1. The molecule has 2 aromatic heterocycles. The lowest BCUT2D eigenvalue weighted by Crippen LogP contribution is -2.11. The van der Waals surface area contributed by atoms with Crippen molar-refractivity contribution in [1.29, 1.82) is 0 Å². The average molecular weight is 364 g/mol. The van der Waals surface area contributed by atoms with Gasteiger partial charge in [-0.2, -0.15) is 4.98 Å². The van der Waals surface area contributed by atoms with E-state index in [4.69, 9.17) is 6.11 Å². The van der Waals surface area contributed by atoms with Crippen LogP contribution >= 0.6 is 0 Å². The molecule has 26 heavy (non-hydrogen) atoms. The number of unbranched alkanes of at least 4 members (excludes halogenated alkanes) is 4. The minimum atomic E-state index is 0.123. The fraction of sp³-hybridized carbons (Fsp3) is 0.750. The summed E-state index contributed by atoms with van der Waals surface area (Å²) in [5.41, 5.74) is 1.43. The van der Waals surface area contributed by atoms with Gasteiger partial charge in [0.05, 0.1) is 13.4 Å². The van der Waals surface area contributed by atoms with Gasteiger partial charge < -0.3 is 14.4 Å². The van der Waals surface area contributed by atoms with Gasteiger partial charge in [0, 0.05) is 14.0 Å². The molecule has 0 aromatic carbocycles. The van der Waals surface area contributed by atoms with Crippen LogP contribution in [0.2, 0.25) is 0 Å². The first-order valence-corrected chi connectivity index (χ1v) is 9.95. The van der Waals surface area contributed by atoms with E-state index in [0.717, 1.165) is 44.2 Å². The van der Waals surface area contributed by atoms with E-state index >= 15 is 0 Å². The van der Waals surface area contributed by atoms with Crippen molar-refractivity contribution in [1.82, 2.24) is 19.5 Å². The number of aliphatic hydroxyl groups excluding tert-OH is 1. The number of ether oxygens (including phenoxy) is 1. The predicted molar refractivity (Wildman–Crippen MR) is 104 cm³/mol. The molecule has 0 fully saturated rings. The molecule has 0 aliphatic heterocycles. The van der Waals surface area contributed by atoms with Crippen LogP contribution in [-0.4, -0.2) is 38.3 Å². The number of imidazole rings is 1. The topological polar surface area (TPSA) is 73.1 Å². The summed E-state index contributed by atoms with van der Waals surface area (Å²) >= 11 is 0. The summed E-state index contributed by atoms with van der Waals surface area (Å²) in [5, 5.41) is 9.47. The molecule has 0 aliphatic carbocycles. The molecule has 2 aromatic rings. The van der Waals surface area contributed by atoms with Crippen LogP contribution in [0.1, 0.15) is 84.9 Å². The van der Waals surface area contributed by atoms with Crippen molar-refractivity contribution < 1.29 is 11.2 Å². The highest BCUT2D eigenvalue weighted by molar-refractivity contribution is 5.76. The Hall–Kier alpha value is -1.69. The summed E-state index contributed by atoms with van der Waals surface area (Å²) in [5.74, 6) is 0.484. The summed E-state index contributed by atoms with van der Waals surface area (Å²) in [6, 6.07) is 0.182. The standard InChI is InChI=1S/C20H34N4O2/c1-3-4-5-6-7-8-9-10-11-12-17(13-14-25)24-16-23-18-19(24)21-15-22-20(18)26-2/h15-17,25H,3-14H2,1-2H3/i5D. The van der Waals surface area contributed by atoms with Crippen LogP contribution in [0.4, 0.5) is 0 Å². The predicted octanol–water partition coefficient (Wildman–Crippen LogP) is 4.68. The van der Waals surface area contributed by atoms with Gasteiger partial charge >= 0.3 is 0 Å². The third-order valence-corrected chi connectivity index (χ3v) is 4.81. The van der Waals surface area contributed by atoms with Crippen LogP contribution in [0.25, 0.3) is 11.2 Å². The summed E-state index contributed by atoms with van der Waals surface area (Å²) in [6.07, 6.45) is 14.1. The highest BCUT2D eigenvalue weighted by Crippen LogP contribution is 2.26. The van der Waals surface area contributed by atoms with E-state index in [1.54, 1.807) is 13.4 Å². The minimum Gasteiger partial charge on any atom is -0.479 e. The van der Waals surface area contributed by atoms with Crippen molar-refractivity contribution in [3.05, 3.63) is 12.7 Å². The minimum absolute atomic E-state index is 0.123. The summed E-state index contributed by atoms with van der Waals surface area (Å²) < 4.78 is 15.2. The van der Waals surface area contributed by atoms with Crippen molar-refractivity contribution in [2.24, 2.45) is 0 Å². The lowest BCUT2D eigenvalue weighted by molar-refractivity contribution is 0.251. The summed E-state index contributed by atoms with van der Waals surface area (Å²) in [7, 11) is 1.58. The van der Waals surface area contributed by atoms with Crippen LogP contribution in [0.3, 0.4) is 0 Å². The number of hydrogen-bond acceptors (Lipinski definition) is 5. The highest BCUT2D eigenvalue weighted by atomic mass is 16.5. The molecule has 146 valence electrons. The monoisotopic (exact) mass is 363 g/mol. The normalized spacial score (nSPS) is 14.3. The number of methoxy groups -OCH3 is 1. The quantitative estimate of drug-likeness (QED) is 0.493. The first kappa shape index (κ1) is 19.1. The second kappa shape index (κ2) is 11.8. The Balaban J connectivity index is 1.81. The molecule has 6 nitrogen and oxygen atoms in total. The number of rotatable bonds is 14. The van der Waals surface area contributed by atoms with Gasteiger partial charge in [-0.3, -0.25) is 0 Å². The molecule has 1 N–H and O–H groups in total. The smallest absolute Gasteiger partial charge is 0.245 e. The van der Waals surface area contributed by atoms with Gasteiger partial charge in [0.25, 0.3) is 0 Å². The molecule has 0 saturated heterocycles. The van der Waals surface area contributed by atoms with E-state index in [-0.39, 0.29) is 19.0 Å². The maximum atomic E-state index is 9.47. The van der Waals surface area contributed by atoms with Gasteiger partial charge in [0.1, 0.15) is 6.33 Å². The zero-order valence-electron chi connectivity index (χ0n) is 17.2. The molecule has 0 saturated carbocycles. The van der Waals surface area contributed by atoms with Crippen molar-refractivity contribution in [3.63, 3.8) is 0 Å². The lowest BCUT2D eigenvalue weighted by atomic mass is 10.0. The van der Waals surface area contributed by atoms with E-state index in [2.05, 4.69) is 21.9 Å². The fourth-order valence-corrected chi connectivity index (χ4v) is 3.37. The Morgan fingerprint density at radius 1 is 1.08 bits per heavy atom.